The zero-order chi connectivity index (χ0) is 17.8. The van der Waals surface area contributed by atoms with Crippen LogP contribution in [0.25, 0.3) is 6.08 Å². The second kappa shape index (κ2) is 7.57. The van der Waals surface area contributed by atoms with Crippen molar-refractivity contribution in [1.82, 2.24) is 4.90 Å². The van der Waals surface area contributed by atoms with E-state index >= 15 is 0 Å². The van der Waals surface area contributed by atoms with Crippen LogP contribution >= 0.6 is 11.8 Å². The van der Waals surface area contributed by atoms with Gasteiger partial charge in [0.15, 0.2) is 0 Å². The number of carbonyl (C=O) groups excluding carboxylic acids is 2. The summed E-state index contributed by atoms with van der Waals surface area (Å²) in [4.78, 5) is 26.5. The largest absolute Gasteiger partial charge is 0.494 e. The lowest BCUT2D eigenvalue weighted by Crippen LogP contribution is -2.27. The molecule has 0 radical (unpaired) electrons. The molecule has 1 aliphatic heterocycles. The quantitative estimate of drug-likeness (QED) is 0.735. The molecule has 1 fully saturated rings. The summed E-state index contributed by atoms with van der Waals surface area (Å²) < 4.78 is 5.41. The Morgan fingerprint density at radius 3 is 2.36 bits per heavy atom. The molecule has 0 saturated carbocycles. The van der Waals surface area contributed by atoms with Gasteiger partial charge in [-0.15, -0.1) is 0 Å². The fourth-order valence-corrected chi connectivity index (χ4v) is 3.33. The van der Waals surface area contributed by atoms with E-state index in [9.17, 15) is 9.59 Å². The molecule has 1 aliphatic rings. The lowest BCUT2D eigenvalue weighted by molar-refractivity contribution is -0.123. The number of thioether (sulfide) groups is 1. The van der Waals surface area contributed by atoms with Crippen molar-refractivity contribution in [3.05, 3.63) is 70.1 Å². The molecule has 0 aromatic heterocycles. The first-order valence-electron chi connectivity index (χ1n) is 8.10. The van der Waals surface area contributed by atoms with E-state index in [4.69, 9.17) is 4.74 Å². The molecule has 0 bridgehead atoms. The summed E-state index contributed by atoms with van der Waals surface area (Å²) in [5.41, 5.74) is 2.95. The second-order valence-corrected chi connectivity index (χ2v) is 6.75. The predicted molar refractivity (Wildman–Crippen MR) is 100 cm³/mol. The minimum absolute atomic E-state index is 0.234. The fourth-order valence-electron chi connectivity index (χ4n) is 2.49. The minimum Gasteiger partial charge on any atom is -0.494 e. The van der Waals surface area contributed by atoms with E-state index < -0.39 is 0 Å². The molecule has 1 saturated heterocycles. The first kappa shape index (κ1) is 17.3. The third kappa shape index (κ3) is 4.12. The average Bonchev–Trinajstić information content (AvgIpc) is 2.86. The normalized spacial score (nSPS) is 15.9. The van der Waals surface area contributed by atoms with Crippen molar-refractivity contribution in [1.29, 1.82) is 0 Å². The summed E-state index contributed by atoms with van der Waals surface area (Å²) in [6.07, 6.45) is 1.75. The van der Waals surface area contributed by atoms with Crippen LogP contribution in [0.3, 0.4) is 0 Å². The maximum atomic E-state index is 12.6. The number of hydrogen-bond acceptors (Lipinski definition) is 4. The number of ether oxygens (including phenoxy) is 1. The molecular formula is C20H19NO3S. The molecule has 0 spiro atoms. The Morgan fingerprint density at radius 2 is 1.72 bits per heavy atom. The molecule has 3 rings (SSSR count). The predicted octanol–water partition coefficient (Wildman–Crippen LogP) is 4.63. The molecule has 2 aromatic carbocycles. The van der Waals surface area contributed by atoms with Crippen LogP contribution in [0.15, 0.2) is 53.4 Å². The van der Waals surface area contributed by atoms with Crippen LogP contribution in [-0.2, 0) is 11.3 Å². The molecule has 5 heteroatoms. The van der Waals surface area contributed by atoms with Crippen molar-refractivity contribution < 1.29 is 14.3 Å². The van der Waals surface area contributed by atoms with Crippen molar-refractivity contribution in [3.63, 3.8) is 0 Å². The Balaban J connectivity index is 1.74. The molecule has 4 nitrogen and oxygen atoms in total. The summed E-state index contributed by atoms with van der Waals surface area (Å²) >= 11 is 0.981. The van der Waals surface area contributed by atoms with Crippen LogP contribution in [0.1, 0.15) is 23.6 Å². The van der Waals surface area contributed by atoms with Crippen LogP contribution in [0.2, 0.25) is 0 Å². The summed E-state index contributed by atoms with van der Waals surface area (Å²) in [6.45, 7) is 4.84. The summed E-state index contributed by atoms with van der Waals surface area (Å²) in [5.74, 6) is 0.539. The molecule has 0 N–H and O–H groups in total. The van der Waals surface area contributed by atoms with Crippen molar-refractivity contribution in [2.24, 2.45) is 0 Å². The van der Waals surface area contributed by atoms with Gasteiger partial charge in [0.25, 0.3) is 11.1 Å². The topological polar surface area (TPSA) is 46.6 Å². The van der Waals surface area contributed by atoms with Crippen molar-refractivity contribution in [2.45, 2.75) is 20.4 Å². The van der Waals surface area contributed by atoms with Crippen LogP contribution in [0.4, 0.5) is 4.79 Å². The van der Waals surface area contributed by atoms with Crippen LogP contribution in [-0.4, -0.2) is 22.7 Å². The first-order chi connectivity index (χ1) is 12.1. The Hall–Kier alpha value is -2.53. The lowest BCUT2D eigenvalue weighted by Gasteiger charge is -2.12. The molecule has 2 amide bonds. The number of imide groups is 1. The molecular weight excluding hydrogens is 334 g/mol. The summed E-state index contributed by atoms with van der Waals surface area (Å²) in [7, 11) is 0. The number of carbonyl (C=O) groups is 2. The van der Waals surface area contributed by atoms with Gasteiger partial charge in [0.2, 0.25) is 0 Å². The molecule has 1 heterocycles. The number of aryl methyl sites for hydroxylation is 1. The number of benzene rings is 2. The van der Waals surface area contributed by atoms with E-state index in [1.807, 2.05) is 62.4 Å². The van der Waals surface area contributed by atoms with Gasteiger partial charge in [0.1, 0.15) is 5.75 Å². The van der Waals surface area contributed by atoms with E-state index in [1.54, 1.807) is 6.08 Å². The van der Waals surface area contributed by atoms with Crippen LogP contribution in [0, 0.1) is 6.92 Å². The average molecular weight is 353 g/mol. The number of nitrogens with zero attached hydrogens (tertiary/aromatic N) is 1. The Labute approximate surface area is 151 Å². The summed E-state index contributed by atoms with van der Waals surface area (Å²) in [6, 6.07) is 15.3. The van der Waals surface area contributed by atoms with Gasteiger partial charge < -0.3 is 4.74 Å². The zero-order valence-corrected chi connectivity index (χ0v) is 15.0. The van der Waals surface area contributed by atoms with Gasteiger partial charge in [0.05, 0.1) is 18.1 Å². The highest BCUT2D eigenvalue weighted by atomic mass is 32.2. The highest BCUT2D eigenvalue weighted by Crippen LogP contribution is 2.33. The van der Waals surface area contributed by atoms with Crippen molar-refractivity contribution in [2.75, 3.05) is 6.61 Å². The van der Waals surface area contributed by atoms with E-state index in [2.05, 4.69) is 0 Å². The smallest absolute Gasteiger partial charge is 0.293 e. The zero-order valence-electron chi connectivity index (χ0n) is 14.2. The van der Waals surface area contributed by atoms with E-state index in [0.717, 1.165) is 34.2 Å². The molecule has 128 valence electrons. The summed E-state index contributed by atoms with van der Waals surface area (Å²) in [5, 5.41) is -0.234. The fraction of sp³-hybridized carbons (Fsp3) is 0.200. The van der Waals surface area contributed by atoms with Gasteiger partial charge in [-0.2, -0.15) is 0 Å². The number of hydrogen-bond donors (Lipinski definition) is 0. The van der Waals surface area contributed by atoms with Crippen molar-refractivity contribution in [3.8, 4) is 5.75 Å². The highest BCUT2D eigenvalue weighted by molar-refractivity contribution is 8.18. The van der Waals surface area contributed by atoms with Gasteiger partial charge in [-0.25, -0.2) is 0 Å². The first-order valence-corrected chi connectivity index (χ1v) is 8.92. The van der Waals surface area contributed by atoms with E-state index in [0.29, 0.717) is 18.1 Å². The molecule has 0 unspecified atom stereocenters. The third-order valence-corrected chi connectivity index (χ3v) is 4.73. The standard InChI is InChI=1S/C20H19NO3S/c1-3-24-17-10-8-15(9-11-17)12-18-19(22)21(20(23)25-18)13-16-6-4-14(2)5-7-16/h4-12H,3,13H2,1-2H3/b18-12+. The van der Waals surface area contributed by atoms with Gasteiger partial charge in [-0.1, -0.05) is 42.0 Å². The molecule has 0 atom stereocenters. The van der Waals surface area contributed by atoms with Crippen molar-refractivity contribution >= 4 is 29.0 Å². The third-order valence-electron chi connectivity index (χ3n) is 3.82. The number of amides is 2. The van der Waals surface area contributed by atoms with Gasteiger partial charge >= 0.3 is 0 Å². The van der Waals surface area contributed by atoms with E-state index in [1.165, 1.54) is 4.90 Å². The molecule has 0 aliphatic carbocycles. The van der Waals surface area contributed by atoms with E-state index in [-0.39, 0.29) is 11.1 Å². The lowest BCUT2D eigenvalue weighted by atomic mass is 10.1. The second-order valence-electron chi connectivity index (χ2n) is 5.76. The Bertz CT molecular complexity index is 810. The van der Waals surface area contributed by atoms with Gasteiger partial charge in [-0.3, -0.25) is 14.5 Å². The van der Waals surface area contributed by atoms with Crippen LogP contribution in [0.5, 0.6) is 5.75 Å². The SMILES string of the molecule is CCOc1ccc(/C=C2/SC(=O)N(Cc3ccc(C)cc3)C2=O)cc1. The maximum absolute atomic E-state index is 12.6. The Morgan fingerprint density at radius 1 is 1.04 bits per heavy atom. The molecule has 2 aromatic rings. The monoisotopic (exact) mass is 353 g/mol. The highest BCUT2D eigenvalue weighted by Gasteiger charge is 2.34. The molecule has 25 heavy (non-hydrogen) atoms. The minimum atomic E-state index is -0.246. The van der Waals surface area contributed by atoms with Gasteiger partial charge in [0, 0.05) is 0 Å². The van der Waals surface area contributed by atoms with Gasteiger partial charge in [-0.05, 0) is 54.9 Å². The number of rotatable bonds is 5. The Kier molecular flexibility index (Phi) is 5.24. The van der Waals surface area contributed by atoms with Crippen LogP contribution < -0.4 is 4.74 Å². The maximum Gasteiger partial charge on any atom is 0.293 e.